The molecule has 0 bridgehead atoms. The van der Waals surface area contributed by atoms with Crippen LogP contribution in [0.1, 0.15) is 0 Å². The lowest BCUT2D eigenvalue weighted by molar-refractivity contribution is 0.496. The van der Waals surface area contributed by atoms with E-state index in [9.17, 15) is 13.2 Å². The third-order valence-electron chi connectivity index (χ3n) is 1.90. The number of hydrogen-bond donors (Lipinski definition) is 1. The smallest absolute Gasteiger partial charge is 0.161 e. The van der Waals surface area contributed by atoms with Gasteiger partial charge in [0.15, 0.2) is 22.6 Å². The van der Waals surface area contributed by atoms with E-state index >= 15 is 0 Å². The summed E-state index contributed by atoms with van der Waals surface area (Å²) in [6, 6.07) is 3.99. The average molecular weight is 260 g/mol. The highest BCUT2D eigenvalue weighted by Gasteiger charge is 2.10. The first-order valence-electron chi connectivity index (χ1n) is 4.47. The van der Waals surface area contributed by atoms with Crippen molar-refractivity contribution in [1.82, 2.24) is 10.2 Å². The molecule has 0 saturated carbocycles. The van der Waals surface area contributed by atoms with Gasteiger partial charge in [0, 0.05) is 12.1 Å². The molecule has 0 radical (unpaired) electrons. The molecule has 0 fully saturated rings. The molecule has 1 heterocycles. The predicted octanol–water partition coefficient (Wildman–Crippen LogP) is 3.29. The van der Waals surface area contributed by atoms with Gasteiger partial charge in [-0.3, -0.25) is 0 Å². The Hall–Kier alpha value is -1.82. The number of nitrogens with zero attached hydrogens (tertiary/aromatic N) is 2. The van der Waals surface area contributed by atoms with E-state index in [0.29, 0.717) is 12.1 Å². The summed E-state index contributed by atoms with van der Waals surface area (Å²) in [4.78, 5) is 0. The summed E-state index contributed by atoms with van der Waals surface area (Å²) >= 11 is 5.51. The Morgan fingerprint density at radius 2 is 1.65 bits per heavy atom. The summed E-state index contributed by atoms with van der Waals surface area (Å²) in [5.74, 6) is -3.17. The fraction of sp³-hybridized carbons (Fsp3) is 0. The van der Waals surface area contributed by atoms with Gasteiger partial charge in [-0.25, -0.2) is 13.2 Å². The first kappa shape index (κ1) is 11.7. The van der Waals surface area contributed by atoms with E-state index in [-0.39, 0.29) is 16.7 Å². The van der Waals surface area contributed by atoms with E-state index in [4.69, 9.17) is 11.6 Å². The standard InChI is InChI=1S/C10H5ClF3N3/c11-9-1-2-10(17-16-9)15-8-4-6(13)5(12)3-7(8)14/h1-4H,(H,15,17). The zero-order chi connectivity index (χ0) is 12.4. The van der Waals surface area contributed by atoms with E-state index in [0.717, 1.165) is 0 Å². The Morgan fingerprint density at radius 1 is 0.941 bits per heavy atom. The molecule has 0 aliphatic carbocycles. The van der Waals surface area contributed by atoms with Crippen molar-refractivity contribution in [2.24, 2.45) is 0 Å². The highest BCUT2D eigenvalue weighted by molar-refractivity contribution is 6.29. The zero-order valence-corrected chi connectivity index (χ0v) is 8.97. The number of rotatable bonds is 2. The van der Waals surface area contributed by atoms with E-state index in [2.05, 4.69) is 15.5 Å². The summed E-state index contributed by atoms with van der Waals surface area (Å²) in [6.07, 6.45) is 0. The lowest BCUT2D eigenvalue weighted by atomic mass is 10.3. The Labute approximate surface area is 99.2 Å². The second kappa shape index (κ2) is 4.58. The van der Waals surface area contributed by atoms with E-state index in [1.54, 1.807) is 0 Å². The molecule has 0 atom stereocenters. The SMILES string of the molecule is Fc1cc(F)c(Nc2ccc(Cl)nn2)cc1F. The van der Waals surface area contributed by atoms with Gasteiger partial charge in [-0.2, -0.15) is 0 Å². The van der Waals surface area contributed by atoms with Crippen molar-refractivity contribution in [2.75, 3.05) is 5.32 Å². The van der Waals surface area contributed by atoms with Gasteiger partial charge in [0.05, 0.1) is 5.69 Å². The molecule has 7 heteroatoms. The summed E-state index contributed by atoms with van der Waals surface area (Å²) in [5.41, 5.74) is -0.236. The maximum absolute atomic E-state index is 13.3. The topological polar surface area (TPSA) is 37.8 Å². The van der Waals surface area contributed by atoms with Crippen LogP contribution in [0.2, 0.25) is 5.15 Å². The number of aromatic nitrogens is 2. The quantitative estimate of drug-likeness (QED) is 0.841. The van der Waals surface area contributed by atoms with E-state index in [1.807, 2.05) is 0 Å². The number of benzene rings is 1. The van der Waals surface area contributed by atoms with Crippen molar-refractivity contribution in [3.05, 3.63) is 46.9 Å². The maximum atomic E-state index is 13.3. The molecule has 1 aromatic carbocycles. The van der Waals surface area contributed by atoms with Gasteiger partial charge in [-0.1, -0.05) is 11.6 Å². The second-order valence-electron chi connectivity index (χ2n) is 3.11. The lowest BCUT2D eigenvalue weighted by Crippen LogP contribution is -1.99. The van der Waals surface area contributed by atoms with Gasteiger partial charge in [0.25, 0.3) is 0 Å². The molecular weight excluding hydrogens is 255 g/mol. The fourth-order valence-electron chi connectivity index (χ4n) is 1.14. The Morgan fingerprint density at radius 3 is 2.29 bits per heavy atom. The predicted molar refractivity (Wildman–Crippen MR) is 56.6 cm³/mol. The van der Waals surface area contributed by atoms with Crippen LogP contribution in [-0.4, -0.2) is 10.2 Å². The van der Waals surface area contributed by atoms with Crippen LogP contribution in [0.3, 0.4) is 0 Å². The minimum Gasteiger partial charge on any atom is -0.336 e. The molecule has 0 aliphatic rings. The molecule has 17 heavy (non-hydrogen) atoms. The van der Waals surface area contributed by atoms with Gasteiger partial charge < -0.3 is 5.32 Å². The summed E-state index contributed by atoms with van der Waals surface area (Å²) in [6.45, 7) is 0. The largest absolute Gasteiger partial charge is 0.336 e. The molecule has 0 aliphatic heterocycles. The van der Waals surface area contributed by atoms with Gasteiger partial charge in [0.1, 0.15) is 5.82 Å². The van der Waals surface area contributed by atoms with Crippen molar-refractivity contribution < 1.29 is 13.2 Å². The molecule has 88 valence electrons. The molecule has 0 saturated heterocycles. The zero-order valence-electron chi connectivity index (χ0n) is 8.22. The summed E-state index contributed by atoms with van der Waals surface area (Å²) < 4.78 is 38.8. The van der Waals surface area contributed by atoms with Crippen LogP contribution in [0.15, 0.2) is 24.3 Å². The van der Waals surface area contributed by atoms with E-state index < -0.39 is 17.5 Å². The summed E-state index contributed by atoms with van der Waals surface area (Å²) in [7, 11) is 0. The molecule has 0 spiro atoms. The molecule has 0 unspecified atom stereocenters. The van der Waals surface area contributed by atoms with Gasteiger partial charge in [0.2, 0.25) is 0 Å². The lowest BCUT2D eigenvalue weighted by Gasteiger charge is -2.06. The number of hydrogen-bond acceptors (Lipinski definition) is 3. The van der Waals surface area contributed by atoms with Crippen molar-refractivity contribution in [3.63, 3.8) is 0 Å². The minimum absolute atomic E-state index is 0.166. The molecule has 2 aromatic rings. The van der Waals surface area contributed by atoms with Crippen molar-refractivity contribution in [3.8, 4) is 0 Å². The average Bonchev–Trinajstić information content (AvgIpc) is 2.29. The maximum Gasteiger partial charge on any atom is 0.161 e. The van der Waals surface area contributed by atoms with Gasteiger partial charge in [-0.15, -0.1) is 10.2 Å². The Kier molecular flexibility index (Phi) is 3.14. The van der Waals surface area contributed by atoms with Crippen molar-refractivity contribution in [1.29, 1.82) is 0 Å². The normalized spacial score (nSPS) is 10.4. The molecule has 0 amide bonds. The van der Waals surface area contributed by atoms with Crippen LogP contribution in [0.4, 0.5) is 24.7 Å². The third kappa shape index (κ3) is 2.65. The molecule has 3 nitrogen and oxygen atoms in total. The third-order valence-corrected chi connectivity index (χ3v) is 2.11. The summed E-state index contributed by atoms with van der Waals surface area (Å²) in [5, 5.41) is 9.72. The Balaban J connectivity index is 2.30. The van der Waals surface area contributed by atoms with Crippen LogP contribution in [-0.2, 0) is 0 Å². The molecular formula is C10H5ClF3N3. The van der Waals surface area contributed by atoms with E-state index in [1.165, 1.54) is 12.1 Å². The van der Waals surface area contributed by atoms with Crippen LogP contribution < -0.4 is 5.32 Å². The second-order valence-corrected chi connectivity index (χ2v) is 3.50. The molecule has 1 N–H and O–H groups in total. The highest BCUT2D eigenvalue weighted by Crippen LogP contribution is 2.21. The number of anilines is 2. The number of nitrogens with one attached hydrogen (secondary N) is 1. The van der Waals surface area contributed by atoms with Crippen LogP contribution in [0.25, 0.3) is 0 Å². The van der Waals surface area contributed by atoms with Crippen LogP contribution in [0, 0.1) is 17.5 Å². The van der Waals surface area contributed by atoms with Crippen molar-refractivity contribution in [2.45, 2.75) is 0 Å². The van der Waals surface area contributed by atoms with Crippen LogP contribution >= 0.6 is 11.6 Å². The minimum atomic E-state index is -1.25. The van der Waals surface area contributed by atoms with Gasteiger partial charge in [-0.05, 0) is 12.1 Å². The van der Waals surface area contributed by atoms with Crippen molar-refractivity contribution >= 4 is 23.1 Å². The van der Waals surface area contributed by atoms with Crippen LogP contribution in [0.5, 0.6) is 0 Å². The molecule has 2 rings (SSSR count). The fourth-order valence-corrected chi connectivity index (χ4v) is 1.24. The van der Waals surface area contributed by atoms with Gasteiger partial charge >= 0.3 is 0 Å². The molecule has 1 aromatic heterocycles. The Bertz CT molecular complexity index is 545. The highest BCUT2D eigenvalue weighted by atomic mass is 35.5. The first-order valence-corrected chi connectivity index (χ1v) is 4.85. The first-order chi connectivity index (χ1) is 8.06. The monoisotopic (exact) mass is 259 g/mol. The number of halogens is 4.